The molecule has 9 heteroatoms. The number of aliphatic hydroxyl groups excluding tert-OH is 1. The van der Waals surface area contributed by atoms with Gasteiger partial charge in [-0.1, -0.05) is 19.1 Å². The molecule has 194 valence electrons. The van der Waals surface area contributed by atoms with E-state index in [1.165, 1.54) is 12.0 Å². The van der Waals surface area contributed by atoms with Gasteiger partial charge in [0.2, 0.25) is 0 Å². The molecule has 0 radical (unpaired) electrons. The molecule has 2 aromatic rings. The molecule has 1 aliphatic rings. The van der Waals surface area contributed by atoms with Gasteiger partial charge in [0.05, 0.1) is 25.3 Å². The van der Waals surface area contributed by atoms with Crippen molar-refractivity contribution >= 4 is 23.4 Å². The number of H-pyrrole nitrogens is 1. The number of ketones is 1. The van der Waals surface area contributed by atoms with Gasteiger partial charge in [-0.2, -0.15) is 0 Å². The third-order valence-electron chi connectivity index (χ3n) is 6.28. The Hall–Kier alpha value is -3.59. The van der Waals surface area contributed by atoms with E-state index in [0.717, 1.165) is 13.0 Å². The predicted octanol–water partition coefficient (Wildman–Crippen LogP) is 3.58. The number of methoxy groups -OCH3 is 1. The average Bonchev–Trinajstić information content (AvgIpc) is 3.29. The first-order valence-corrected chi connectivity index (χ1v) is 12.1. The zero-order valence-corrected chi connectivity index (χ0v) is 21.8. The minimum Gasteiger partial charge on any atom is -0.507 e. The van der Waals surface area contributed by atoms with Crippen molar-refractivity contribution in [3.8, 4) is 5.75 Å². The average molecular weight is 498 g/mol. The molecule has 1 atom stereocenters. The number of aryl methyl sites for hydroxylation is 1. The van der Waals surface area contributed by atoms with Gasteiger partial charge in [-0.15, -0.1) is 0 Å². The fraction of sp³-hybridized carbons (Fsp3) is 0.444. The SMILES string of the molecule is CCCOc1ccc([C@@H]2C(=C(O)c3c(C)[nH]c(C(=O)OC)c3C)C(=O)C(=O)N2CCCN(C)C)cc1. The number of nitrogens with zero attached hydrogens (tertiary/aromatic N) is 2. The van der Waals surface area contributed by atoms with Gasteiger partial charge < -0.3 is 29.4 Å². The number of likely N-dealkylation sites (tertiary alicyclic amines) is 1. The van der Waals surface area contributed by atoms with Gasteiger partial charge in [0.15, 0.2) is 0 Å². The summed E-state index contributed by atoms with van der Waals surface area (Å²) in [7, 11) is 5.15. The molecule has 1 amide bonds. The highest BCUT2D eigenvalue weighted by Crippen LogP contribution is 2.41. The smallest absolute Gasteiger partial charge is 0.354 e. The standard InChI is InChI=1S/C27H35N3O6/c1-7-15-36-19-11-9-18(10-12-19)23-21(25(32)26(33)30(23)14-8-13-29(4)5)24(31)20-16(2)22(27(34)35-6)28-17(20)3/h9-12,23,28,31H,7-8,13-15H2,1-6H3/t23-/m1/s1. The van der Waals surface area contributed by atoms with Crippen LogP contribution in [0.4, 0.5) is 0 Å². The maximum Gasteiger partial charge on any atom is 0.354 e. The number of hydrogen-bond donors (Lipinski definition) is 2. The third-order valence-corrected chi connectivity index (χ3v) is 6.28. The fourth-order valence-electron chi connectivity index (χ4n) is 4.53. The second-order valence-electron chi connectivity index (χ2n) is 9.18. The molecule has 36 heavy (non-hydrogen) atoms. The number of esters is 1. The summed E-state index contributed by atoms with van der Waals surface area (Å²) >= 11 is 0. The number of aromatic nitrogens is 1. The van der Waals surface area contributed by atoms with Crippen LogP contribution in [0.5, 0.6) is 5.75 Å². The Morgan fingerprint density at radius 1 is 1.17 bits per heavy atom. The molecule has 3 rings (SSSR count). The molecule has 0 aliphatic carbocycles. The van der Waals surface area contributed by atoms with Crippen LogP contribution < -0.4 is 4.74 Å². The number of carbonyl (C=O) groups excluding carboxylic acids is 3. The first-order chi connectivity index (χ1) is 17.1. The number of nitrogens with one attached hydrogen (secondary N) is 1. The van der Waals surface area contributed by atoms with E-state index in [1.54, 1.807) is 26.0 Å². The first-order valence-electron chi connectivity index (χ1n) is 12.1. The van der Waals surface area contributed by atoms with Crippen LogP contribution in [0, 0.1) is 13.8 Å². The molecule has 0 bridgehead atoms. The number of carbonyl (C=O) groups is 3. The molecule has 2 heterocycles. The Morgan fingerprint density at radius 2 is 1.83 bits per heavy atom. The molecule has 2 N–H and O–H groups in total. The maximum absolute atomic E-state index is 13.3. The highest BCUT2D eigenvalue weighted by molar-refractivity contribution is 6.46. The number of ether oxygens (including phenoxy) is 2. The maximum atomic E-state index is 13.3. The van der Waals surface area contributed by atoms with Crippen LogP contribution >= 0.6 is 0 Å². The predicted molar refractivity (Wildman–Crippen MR) is 136 cm³/mol. The van der Waals surface area contributed by atoms with Crippen LogP contribution in [0.25, 0.3) is 5.76 Å². The first kappa shape index (κ1) is 27.0. The highest BCUT2D eigenvalue weighted by atomic mass is 16.5. The van der Waals surface area contributed by atoms with Crippen molar-refractivity contribution in [3.63, 3.8) is 0 Å². The second kappa shape index (κ2) is 11.4. The Bertz CT molecular complexity index is 1160. The van der Waals surface area contributed by atoms with E-state index in [0.29, 0.717) is 47.7 Å². The minimum atomic E-state index is -0.775. The van der Waals surface area contributed by atoms with Crippen molar-refractivity contribution in [2.24, 2.45) is 0 Å². The van der Waals surface area contributed by atoms with E-state index >= 15 is 0 Å². The van der Waals surface area contributed by atoms with Gasteiger partial charge in [-0.3, -0.25) is 9.59 Å². The molecule has 1 aliphatic heterocycles. The van der Waals surface area contributed by atoms with Crippen molar-refractivity contribution in [1.82, 2.24) is 14.8 Å². The number of aliphatic hydroxyl groups is 1. The number of rotatable bonds is 10. The van der Waals surface area contributed by atoms with Crippen LogP contribution in [0.3, 0.4) is 0 Å². The van der Waals surface area contributed by atoms with E-state index in [4.69, 9.17) is 9.47 Å². The van der Waals surface area contributed by atoms with E-state index in [9.17, 15) is 19.5 Å². The lowest BCUT2D eigenvalue weighted by atomic mass is 9.94. The van der Waals surface area contributed by atoms with Gasteiger partial charge in [0, 0.05) is 17.8 Å². The van der Waals surface area contributed by atoms with Gasteiger partial charge in [-0.05, 0) is 70.6 Å². The molecular formula is C27H35N3O6. The van der Waals surface area contributed by atoms with E-state index in [1.807, 2.05) is 38.1 Å². The van der Waals surface area contributed by atoms with Crippen LogP contribution in [0.15, 0.2) is 29.8 Å². The monoisotopic (exact) mass is 497 g/mol. The molecule has 1 aromatic heterocycles. The van der Waals surface area contributed by atoms with Crippen LogP contribution in [-0.4, -0.2) is 78.5 Å². The summed E-state index contributed by atoms with van der Waals surface area (Å²) in [5, 5.41) is 11.4. The number of benzene rings is 1. The summed E-state index contributed by atoms with van der Waals surface area (Å²) in [4.78, 5) is 45.1. The molecule has 0 saturated carbocycles. The Morgan fingerprint density at radius 3 is 2.42 bits per heavy atom. The minimum absolute atomic E-state index is 0.00584. The lowest BCUT2D eigenvalue weighted by molar-refractivity contribution is -0.139. The normalized spacial score (nSPS) is 17.2. The largest absolute Gasteiger partial charge is 0.507 e. The quantitative estimate of drug-likeness (QED) is 0.223. The van der Waals surface area contributed by atoms with Crippen LogP contribution in [0.1, 0.15) is 58.7 Å². The number of aromatic amines is 1. The lowest BCUT2D eigenvalue weighted by Gasteiger charge is -2.26. The topological polar surface area (TPSA) is 112 Å². The van der Waals surface area contributed by atoms with Crippen molar-refractivity contribution in [1.29, 1.82) is 0 Å². The van der Waals surface area contributed by atoms with Crippen molar-refractivity contribution in [2.45, 2.75) is 39.7 Å². The number of Topliss-reactive ketones (excluding diaryl/α,β-unsaturated/α-hetero) is 1. The van der Waals surface area contributed by atoms with Gasteiger partial charge in [-0.25, -0.2) is 4.79 Å². The zero-order valence-electron chi connectivity index (χ0n) is 21.8. The van der Waals surface area contributed by atoms with E-state index in [2.05, 4.69) is 4.98 Å². The molecule has 9 nitrogen and oxygen atoms in total. The van der Waals surface area contributed by atoms with Crippen molar-refractivity contribution < 1.29 is 29.0 Å². The van der Waals surface area contributed by atoms with Crippen LogP contribution in [0.2, 0.25) is 0 Å². The van der Waals surface area contributed by atoms with Gasteiger partial charge in [0.1, 0.15) is 17.2 Å². The molecular weight excluding hydrogens is 462 g/mol. The van der Waals surface area contributed by atoms with Crippen molar-refractivity contribution in [3.05, 3.63) is 57.9 Å². The molecule has 0 spiro atoms. The Labute approximate surface area is 211 Å². The summed E-state index contributed by atoms with van der Waals surface area (Å²) in [6.45, 7) is 7.03. The fourth-order valence-corrected chi connectivity index (χ4v) is 4.53. The summed E-state index contributed by atoms with van der Waals surface area (Å²) < 4.78 is 10.5. The zero-order chi connectivity index (χ0) is 26.6. The Balaban J connectivity index is 2.13. The molecule has 1 saturated heterocycles. The third kappa shape index (κ3) is 5.31. The van der Waals surface area contributed by atoms with Crippen molar-refractivity contribution in [2.75, 3.05) is 40.9 Å². The van der Waals surface area contributed by atoms with E-state index in [-0.39, 0.29) is 17.0 Å². The molecule has 1 fully saturated rings. The summed E-state index contributed by atoms with van der Waals surface area (Å²) in [5.74, 6) is -1.64. The van der Waals surface area contributed by atoms with E-state index < -0.39 is 23.7 Å². The van der Waals surface area contributed by atoms with Gasteiger partial charge >= 0.3 is 5.97 Å². The summed E-state index contributed by atoms with van der Waals surface area (Å²) in [5.41, 5.74) is 2.11. The molecule has 0 unspecified atom stereocenters. The highest BCUT2D eigenvalue weighted by Gasteiger charge is 2.46. The Kier molecular flexibility index (Phi) is 8.57. The van der Waals surface area contributed by atoms with Gasteiger partial charge in [0.25, 0.3) is 11.7 Å². The second-order valence-corrected chi connectivity index (χ2v) is 9.18. The summed E-state index contributed by atoms with van der Waals surface area (Å²) in [6.07, 6.45) is 1.53. The molecule has 1 aromatic carbocycles. The van der Waals surface area contributed by atoms with Crippen LogP contribution in [-0.2, 0) is 14.3 Å². The number of hydrogen-bond acceptors (Lipinski definition) is 7. The lowest BCUT2D eigenvalue weighted by Crippen LogP contribution is -2.32. The summed E-state index contributed by atoms with van der Waals surface area (Å²) in [6, 6.07) is 6.44. The number of amides is 1.